The maximum absolute atomic E-state index is 0. The van der Waals surface area contributed by atoms with Crippen molar-refractivity contribution >= 4 is 81.7 Å². The topological polar surface area (TPSA) is 0 Å². The van der Waals surface area contributed by atoms with Crippen LogP contribution in [0.1, 0.15) is 0 Å². The minimum absolute atomic E-state index is 0. The van der Waals surface area contributed by atoms with Gasteiger partial charge < -0.3 is 0 Å². The first-order valence-corrected chi connectivity index (χ1v) is 0. The molecule has 0 heterocycles. The van der Waals surface area contributed by atoms with Crippen molar-refractivity contribution in [3.05, 3.63) is 0 Å². The molecule has 0 aromatic heterocycles. The normalized spacial score (nSPS) is 0. The third-order valence-electron chi connectivity index (χ3n) is 0. The fraction of sp³-hybridized carbons (Fsp3) is 0. The Bertz CT molecular complexity index is 8.00. The molecule has 4 heteroatoms. The summed E-state index contributed by atoms with van der Waals surface area (Å²) in [5.74, 6) is 0. The standard InChI is InChI=1S/Al.FH.Li.Sr.6H/h;1H;;;;;;;;. The molecular formula is H7AlFLiSr. The van der Waals surface area contributed by atoms with E-state index < -0.39 is 0 Å². The van der Waals surface area contributed by atoms with Gasteiger partial charge in [0.05, 0.1) is 0 Å². The predicted octanol–water partition coefficient (Wildman–Crippen LogP) is -2.60. The molecule has 0 rings (SSSR count). The number of halogens is 1. The second-order valence-electron chi connectivity index (χ2n) is 0. The van der Waals surface area contributed by atoms with Crippen LogP contribution in [-0.4, -0.2) is 81.7 Å². The third-order valence-corrected chi connectivity index (χ3v) is 0. The Hall–Kier alpha value is 2.54. The van der Waals surface area contributed by atoms with Crippen molar-refractivity contribution < 1.29 is 4.70 Å². The van der Waals surface area contributed by atoms with Crippen LogP contribution in [0, 0.1) is 0 Å². The summed E-state index contributed by atoms with van der Waals surface area (Å²) in [5, 5.41) is 0. The Labute approximate surface area is 84.7 Å². The minimum atomic E-state index is 0. The predicted molar refractivity (Wildman–Crippen MR) is 28.1 cm³/mol. The van der Waals surface area contributed by atoms with Gasteiger partial charge in [0.2, 0.25) is 0 Å². The molecule has 0 saturated carbocycles. The van der Waals surface area contributed by atoms with E-state index in [1.165, 1.54) is 0 Å². The fourth-order valence-electron chi connectivity index (χ4n) is 0. The molecule has 0 saturated heterocycles. The Balaban J connectivity index is 0. The van der Waals surface area contributed by atoms with E-state index in [2.05, 4.69) is 0 Å². The van der Waals surface area contributed by atoms with Gasteiger partial charge in [-0.25, -0.2) is 0 Å². The molecule has 0 aromatic rings. The van der Waals surface area contributed by atoms with Gasteiger partial charge in [-0.05, 0) is 0 Å². The van der Waals surface area contributed by atoms with Crippen molar-refractivity contribution in [2.24, 2.45) is 0 Å². The molecule has 0 unspecified atom stereocenters. The molecule has 0 bridgehead atoms. The molecule has 4 heavy (non-hydrogen) atoms. The van der Waals surface area contributed by atoms with Crippen LogP contribution in [0.4, 0.5) is 4.70 Å². The van der Waals surface area contributed by atoms with Gasteiger partial charge >= 0.3 is 64.3 Å². The molecular weight excluding hydrogens is 141 g/mol. The molecule has 0 nitrogen and oxygen atoms in total. The van der Waals surface area contributed by atoms with Gasteiger partial charge in [-0.1, -0.05) is 0 Å². The molecule has 0 aliphatic heterocycles. The van der Waals surface area contributed by atoms with Gasteiger partial charge in [0.25, 0.3) is 0 Å². The van der Waals surface area contributed by atoms with Crippen LogP contribution >= 0.6 is 0 Å². The van der Waals surface area contributed by atoms with E-state index >= 15 is 0 Å². The van der Waals surface area contributed by atoms with E-state index in [4.69, 9.17) is 0 Å². The van der Waals surface area contributed by atoms with E-state index in [0.29, 0.717) is 0 Å². The summed E-state index contributed by atoms with van der Waals surface area (Å²) in [7, 11) is 0. The zero-order valence-corrected chi connectivity index (χ0v) is 0.408. The van der Waals surface area contributed by atoms with Crippen molar-refractivity contribution in [3.63, 3.8) is 0 Å². The molecule has 0 amide bonds. The SMILES string of the molecule is F.[AlH3].[LiH].[SrH2]. The maximum atomic E-state index is 0. The summed E-state index contributed by atoms with van der Waals surface area (Å²) in [5.41, 5.74) is 0. The van der Waals surface area contributed by atoms with Crippen molar-refractivity contribution in [2.75, 3.05) is 0 Å². The van der Waals surface area contributed by atoms with Crippen LogP contribution in [0.25, 0.3) is 0 Å². The molecule has 0 spiro atoms. The Morgan fingerprint density at radius 1 is 1.00 bits per heavy atom. The summed E-state index contributed by atoms with van der Waals surface area (Å²) >= 11 is 0. The van der Waals surface area contributed by atoms with Crippen LogP contribution in [0.2, 0.25) is 0 Å². The van der Waals surface area contributed by atoms with Gasteiger partial charge in [0.1, 0.15) is 0 Å². The van der Waals surface area contributed by atoms with Gasteiger partial charge in [-0.15, -0.1) is 0 Å². The van der Waals surface area contributed by atoms with Crippen LogP contribution in [-0.2, 0) is 0 Å². The van der Waals surface area contributed by atoms with Crippen LogP contribution < -0.4 is 0 Å². The molecule has 20 valence electrons. The van der Waals surface area contributed by atoms with Crippen LogP contribution in [0.3, 0.4) is 0 Å². The molecule has 0 atom stereocenters. The zero-order chi connectivity index (χ0) is 0. The summed E-state index contributed by atoms with van der Waals surface area (Å²) in [4.78, 5) is 0. The van der Waals surface area contributed by atoms with Crippen LogP contribution in [0.5, 0.6) is 0 Å². The van der Waals surface area contributed by atoms with Gasteiger partial charge in [-0.3, -0.25) is 4.70 Å². The summed E-state index contributed by atoms with van der Waals surface area (Å²) in [6, 6.07) is 0. The molecule has 0 radical (unpaired) electrons. The molecule has 0 fully saturated rings. The summed E-state index contributed by atoms with van der Waals surface area (Å²) in [6.07, 6.45) is 0. The summed E-state index contributed by atoms with van der Waals surface area (Å²) in [6.45, 7) is 0. The van der Waals surface area contributed by atoms with Crippen LogP contribution in [0.15, 0.2) is 0 Å². The van der Waals surface area contributed by atoms with Crippen molar-refractivity contribution in [2.45, 2.75) is 0 Å². The van der Waals surface area contributed by atoms with Crippen molar-refractivity contribution in [1.82, 2.24) is 0 Å². The first-order valence-electron chi connectivity index (χ1n) is 0. The quantitative estimate of drug-likeness (QED) is 0.330. The average Bonchev–Trinajstić information content (AvgIpc) is 0. The first kappa shape index (κ1) is 31.1. The van der Waals surface area contributed by atoms with Gasteiger partial charge in [0.15, 0.2) is 17.4 Å². The fourth-order valence-corrected chi connectivity index (χ4v) is 0. The van der Waals surface area contributed by atoms with Crippen molar-refractivity contribution in [1.29, 1.82) is 0 Å². The zero-order valence-electron chi connectivity index (χ0n) is 0.408. The van der Waals surface area contributed by atoms with E-state index in [1.807, 2.05) is 0 Å². The Morgan fingerprint density at radius 3 is 1.00 bits per heavy atom. The molecule has 0 aromatic carbocycles. The van der Waals surface area contributed by atoms with E-state index in [-0.39, 0.29) is 86.4 Å². The molecule has 0 N–H and O–H groups in total. The van der Waals surface area contributed by atoms with Gasteiger partial charge in [-0.2, -0.15) is 0 Å². The number of hydrogen-bond acceptors (Lipinski definition) is 0. The van der Waals surface area contributed by atoms with Gasteiger partial charge in [0, 0.05) is 0 Å². The number of hydrogen-bond donors (Lipinski definition) is 0. The average molecular weight is 148 g/mol. The Kier molecular flexibility index (Phi) is 138. The van der Waals surface area contributed by atoms with E-state index in [9.17, 15) is 0 Å². The Morgan fingerprint density at radius 2 is 1.00 bits per heavy atom. The second kappa shape index (κ2) is 17.7. The monoisotopic (exact) mass is 148 g/mol. The third kappa shape index (κ3) is 8.82. The number of rotatable bonds is 0. The molecule has 0 aliphatic carbocycles. The first-order chi connectivity index (χ1) is 0. The van der Waals surface area contributed by atoms with Crippen molar-refractivity contribution in [3.8, 4) is 0 Å². The van der Waals surface area contributed by atoms with E-state index in [1.54, 1.807) is 0 Å². The van der Waals surface area contributed by atoms with E-state index in [0.717, 1.165) is 0 Å². The summed E-state index contributed by atoms with van der Waals surface area (Å²) < 4.78 is 0. The second-order valence-corrected chi connectivity index (χ2v) is 0. The molecule has 0 aliphatic rings.